The van der Waals surface area contributed by atoms with E-state index < -0.39 is 35.3 Å². The number of hydrogen-bond acceptors (Lipinski definition) is 5. The van der Waals surface area contributed by atoms with Crippen molar-refractivity contribution in [2.75, 3.05) is 0 Å². The second kappa shape index (κ2) is 4.20. The van der Waals surface area contributed by atoms with Crippen molar-refractivity contribution >= 4 is 0 Å². The van der Waals surface area contributed by atoms with Crippen LogP contribution < -0.4 is 11.2 Å². The summed E-state index contributed by atoms with van der Waals surface area (Å²) in [4.78, 5) is 24.6. The van der Waals surface area contributed by atoms with Crippen molar-refractivity contribution in [1.82, 2.24) is 9.55 Å². The Morgan fingerprint density at radius 3 is 2.78 bits per heavy atom. The van der Waals surface area contributed by atoms with E-state index in [4.69, 9.17) is 4.74 Å². The standard InChI is InChI=1S/C11H14N2O5/c1-3-6-8(15)11(2,17)9(18-6)13-5-4-7(14)12-10(13)16/h3-6,8-9,15,17H,1H2,2H3,(H,12,14,16)/t6?,8-,9-,11-/m1/s1. The molecule has 0 aliphatic carbocycles. The van der Waals surface area contributed by atoms with E-state index in [0.29, 0.717) is 0 Å². The number of aliphatic hydroxyl groups excluding tert-OH is 1. The number of aromatic nitrogens is 2. The van der Waals surface area contributed by atoms with E-state index in [0.717, 1.165) is 10.6 Å². The predicted molar refractivity (Wildman–Crippen MR) is 62.1 cm³/mol. The van der Waals surface area contributed by atoms with Crippen LogP contribution in [0.25, 0.3) is 0 Å². The first-order valence-electron chi connectivity index (χ1n) is 5.38. The van der Waals surface area contributed by atoms with Crippen LogP contribution in [0.5, 0.6) is 0 Å². The van der Waals surface area contributed by atoms with Crippen LogP contribution in [0.3, 0.4) is 0 Å². The van der Waals surface area contributed by atoms with Crippen molar-refractivity contribution in [2.45, 2.75) is 31.0 Å². The quantitative estimate of drug-likeness (QED) is 0.571. The van der Waals surface area contributed by atoms with Gasteiger partial charge in [-0.2, -0.15) is 0 Å². The van der Waals surface area contributed by atoms with Crippen LogP contribution in [-0.2, 0) is 4.74 Å². The maximum atomic E-state index is 11.6. The van der Waals surface area contributed by atoms with Crippen molar-refractivity contribution in [3.05, 3.63) is 45.8 Å². The van der Waals surface area contributed by atoms with Crippen LogP contribution in [0.15, 0.2) is 34.5 Å². The Balaban J connectivity index is 2.48. The minimum Gasteiger partial charge on any atom is -0.387 e. The molecule has 7 heteroatoms. The highest BCUT2D eigenvalue weighted by molar-refractivity contribution is 5.05. The molecule has 2 heterocycles. The van der Waals surface area contributed by atoms with Crippen LogP contribution in [0, 0.1) is 0 Å². The second-order valence-corrected chi connectivity index (χ2v) is 4.38. The van der Waals surface area contributed by atoms with Gasteiger partial charge in [0, 0.05) is 12.3 Å². The SMILES string of the molecule is C=CC1O[C@@H](n2ccc(=O)[nH]c2=O)[C@](C)(O)[C@@H]1O. The lowest BCUT2D eigenvalue weighted by Crippen LogP contribution is -2.46. The zero-order chi connectivity index (χ0) is 13.5. The lowest BCUT2D eigenvalue weighted by molar-refractivity contribution is -0.0966. The highest BCUT2D eigenvalue weighted by Crippen LogP contribution is 2.37. The van der Waals surface area contributed by atoms with E-state index in [-0.39, 0.29) is 0 Å². The van der Waals surface area contributed by atoms with Gasteiger partial charge in [0.15, 0.2) is 6.23 Å². The molecule has 1 aliphatic heterocycles. The molecule has 18 heavy (non-hydrogen) atoms. The third-order valence-corrected chi connectivity index (χ3v) is 3.03. The molecule has 0 spiro atoms. The maximum Gasteiger partial charge on any atom is 0.330 e. The Morgan fingerprint density at radius 2 is 2.28 bits per heavy atom. The molecule has 1 aliphatic rings. The average molecular weight is 254 g/mol. The number of ether oxygens (including phenoxy) is 1. The van der Waals surface area contributed by atoms with E-state index in [1.807, 2.05) is 0 Å². The van der Waals surface area contributed by atoms with Gasteiger partial charge < -0.3 is 14.9 Å². The van der Waals surface area contributed by atoms with Crippen molar-refractivity contribution in [1.29, 1.82) is 0 Å². The molecular weight excluding hydrogens is 240 g/mol. The van der Waals surface area contributed by atoms with Crippen molar-refractivity contribution in [3.63, 3.8) is 0 Å². The lowest BCUT2D eigenvalue weighted by atomic mass is 9.96. The highest BCUT2D eigenvalue weighted by Gasteiger charge is 2.52. The highest BCUT2D eigenvalue weighted by atomic mass is 16.6. The fourth-order valence-electron chi connectivity index (χ4n) is 1.98. The number of nitrogens with one attached hydrogen (secondary N) is 1. The number of nitrogens with zero attached hydrogens (tertiary/aromatic N) is 1. The summed E-state index contributed by atoms with van der Waals surface area (Å²) in [5.41, 5.74) is -2.93. The maximum absolute atomic E-state index is 11.6. The van der Waals surface area contributed by atoms with Crippen LogP contribution >= 0.6 is 0 Å². The topological polar surface area (TPSA) is 105 Å². The monoisotopic (exact) mass is 254 g/mol. The van der Waals surface area contributed by atoms with Crippen molar-refractivity contribution < 1.29 is 14.9 Å². The number of rotatable bonds is 2. The summed E-state index contributed by atoms with van der Waals surface area (Å²) >= 11 is 0. The van der Waals surface area contributed by atoms with E-state index in [1.165, 1.54) is 19.2 Å². The van der Waals surface area contributed by atoms with Gasteiger partial charge in [-0.3, -0.25) is 14.3 Å². The first-order chi connectivity index (χ1) is 8.37. The molecule has 0 amide bonds. The normalized spacial score (nSPS) is 35.6. The van der Waals surface area contributed by atoms with Gasteiger partial charge in [0.2, 0.25) is 0 Å². The van der Waals surface area contributed by atoms with E-state index >= 15 is 0 Å². The van der Waals surface area contributed by atoms with Gasteiger partial charge in [0.25, 0.3) is 5.56 Å². The van der Waals surface area contributed by atoms with Crippen LogP contribution in [-0.4, -0.2) is 37.6 Å². The molecule has 1 fully saturated rings. The fourth-order valence-corrected chi connectivity index (χ4v) is 1.98. The minimum absolute atomic E-state index is 0.547. The Morgan fingerprint density at radius 1 is 1.61 bits per heavy atom. The lowest BCUT2D eigenvalue weighted by Gasteiger charge is -2.27. The second-order valence-electron chi connectivity index (χ2n) is 4.38. The Kier molecular flexibility index (Phi) is 2.97. The molecule has 0 saturated carbocycles. The van der Waals surface area contributed by atoms with Gasteiger partial charge in [0.1, 0.15) is 17.8 Å². The molecule has 0 radical (unpaired) electrons. The summed E-state index contributed by atoms with van der Waals surface area (Å²) in [6.07, 6.45) is -0.545. The molecule has 3 N–H and O–H groups in total. The zero-order valence-electron chi connectivity index (χ0n) is 9.74. The summed E-state index contributed by atoms with van der Waals surface area (Å²) in [6, 6.07) is 1.13. The molecule has 0 aromatic carbocycles. The molecule has 1 aromatic heterocycles. The summed E-state index contributed by atoms with van der Waals surface area (Å²) in [6.45, 7) is 4.83. The van der Waals surface area contributed by atoms with Crippen molar-refractivity contribution in [3.8, 4) is 0 Å². The summed E-state index contributed by atoms with van der Waals surface area (Å²) in [5.74, 6) is 0. The molecular formula is C11H14N2O5. The fraction of sp³-hybridized carbons (Fsp3) is 0.455. The molecule has 7 nitrogen and oxygen atoms in total. The number of H-pyrrole nitrogens is 1. The summed E-state index contributed by atoms with van der Waals surface area (Å²) in [5, 5.41) is 20.1. The van der Waals surface area contributed by atoms with Gasteiger partial charge >= 0.3 is 5.69 Å². The Labute approximate surface area is 102 Å². The Bertz CT molecular complexity index is 573. The number of aromatic amines is 1. The molecule has 4 atom stereocenters. The molecule has 1 saturated heterocycles. The molecule has 1 aromatic rings. The van der Waals surface area contributed by atoms with Gasteiger partial charge in [-0.1, -0.05) is 6.08 Å². The third-order valence-electron chi connectivity index (χ3n) is 3.03. The van der Waals surface area contributed by atoms with Crippen molar-refractivity contribution in [2.24, 2.45) is 0 Å². The average Bonchev–Trinajstić information content (AvgIpc) is 2.52. The van der Waals surface area contributed by atoms with E-state index in [2.05, 4.69) is 11.6 Å². The van der Waals surface area contributed by atoms with Gasteiger partial charge in [0.05, 0.1) is 0 Å². The zero-order valence-corrected chi connectivity index (χ0v) is 9.74. The molecule has 2 rings (SSSR count). The van der Waals surface area contributed by atoms with Crippen LogP contribution in [0.1, 0.15) is 13.2 Å². The van der Waals surface area contributed by atoms with E-state index in [9.17, 15) is 19.8 Å². The largest absolute Gasteiger partial charge is 0.387 e. The Hall–Kier alpha value is -1.70. The first-order valence-corrected chi connectivity index (χ1v) is 5.38. The molecule has 1 unspecified atom stereocenters. The first kappa shape index (κ1) is 12.7. The van der Waals surface area contributed by atoms with E-state index in [1.54, 1.807) is 0 Å². The molecule has 98 valence electrons. The summed E-state index contributed by atoms with van der Waals surface area (Å²) in [7, 11) is 0. The number of hydrogen-bond donors (Lipinski definition) is 3. The van der Waals surface area contributed by atoms with Crippen LogP contribution in [0.2, 0.25) is 0 Å². The minimum atomic E-state index is -1.67. The van der Waals surface area contributed by atoms with Crippen LogP contribution in [0.4, 0.5) is 0 Å². The predicted octanol–water partition coefficient (Wildman–Crippen LogP) is -1.27. The van der Waals surface area contributed by atoms with Gasteiger partial charge in [-0.15, -0.1) is 6.58 Å². The molecule has 0 bridgehead atoms. The van der Waals surface area contributed by atoms with Gasteiger partial charge in [-0.05, 0) is 6.92 Å². The van der Waals surface area contributed by atoms with Gasteiger partial charge in [-0.25, -0.2) is 4.79 Å². The smallest absolute Gasteiger partial charge is 0.330 e. The number of aliphatic hydroxyl groups is 2. The summed E-state index contributed by atoms with van der Waals surface area (Å²) < 4.78 is 6.39. The third kappa shape index (κ3) is 1.82.